The standard InChI is InChI=1S/C50H34N4O5S/c1-2-14-41-33-19-11-21-35(45(33)53-49(51-41)37-23-7-3-15-29(37)30-16-4-8-24-38(30)49)43-47(55)44(48(43)56)36-22-12-20-34-42(27-13-28-60(57,58)59)52-50(54-46(34)36)39-25-9-5-17-31(39)32-18-6-10-26-40(32)50/h2-28,51-53,55H,1H2,(H,57,58,59)/b28-13+,41-14+,42-27+,44-36?. The molecular formula is C50H34N4O5S. The van der Waals surface area contributed by atoms with E-state index in [9.17, 15) is 22.9 Å². The molecule has 6 aromatic rings. The summed E-state index contributed by atoms with van der Waals surface area (Å²) < 4.78 is 33.0. The molecule has 0 unspecified atom stereocenters. The largest absolute Gasteiger partial charge is 0.506 e. The minimum atomic E-state index is -4.42. The van der Waals surface area contributed by atoms with Crippen molar-refractivity contribution >= 4 is 44.1 Å². The molecule has 6 aromatic carbocycles. The Hall–Kier alpha value is -7.53. The number of aliphatic hydroxyl groups excluding tert-OH is 1. The van der Waals surface area contributed by atoms with Gasteiger partial charge >= 0.3 is 0 Å². The van der Waals surface area contributed by atoms with E-state index >= 15 is 0 Å². The van der Waals surface area contributed by atoms with E-state index in [2.05, 4.69) is 46.8 Å². The zero-order chi connectivity index (χ0) is 41.0. The average Bonchev–Trinajstić information content (AvgIpc) is 3.67. The number of para-hydroxylation sites is 2. The zero-order valence-electron chi connectivity index (χ0n) is 31.8. The van der Waals surface area contributed by atoms with E-state index in [1.807, 2.05) is 103 Å². The van der Waals surface area contributed by atoms with Crippen molar-refractivity contribution in [1.29, 1.82) is 0 Å². The number of fused-ring (bicyclic) bond motifs is 12. The third-order valence-corrected chi connectivity index (χ3v) is 12.6. The number of ketones is 1. The van der Waals surface area contributed by atoms with Crippen molar-refractivity contribution < 1.29 is 22.9 Å². The molecule has 10 heteroatoms. The minimum absolute atomic E-state index is 0.120. The maximum Gasteiger partial charge on any atom is 0.287 e. The first kappa shape index (κ1) is 35.6. The summed E-state index contributed by atoms with van der Waals surface area (Å²) in [6, 6.07) is 43.4. The van der Waals surface area contributed by atoms with E-state index in [0.29, 0.717) is 38.5 Å². The summed E-state index contributed by atoms with van der Waals surface area (Å²) in [6.45, 7) is 4.00. The molecule has 3 aliphatic carbocycles. The Morgan fingerprint density at radius 1 is 0.583 bits per heavy atom. The fourth-order valence-electron chi connectivity index (χ4n) is 9.64. The lowest BCUT2D eigenvalue weighted by molar-refractivity contribution is -0.109. The first-order chi connectivity index (χ1) is 29.1. The Labute approximate surface area is 345 Å². The van der Waals surface area contributed by atoms with Crippen LogP contribution in [0, 0.1) is 0 Å². The van der Waals surface area contributed by atoms with Crippen LogP contribution in [0.4, 0.5) is 5.69 Å². The number of hydrogen-bond acceptors (Lipinski definition) is 8. The van der Waals surface area contributed by atoms with Gasteiger partial charge in [0.15, 0.2) is 11.3 Å². The van der Waals surface area contributed by atoms with Crippen LogP contribution < -0.4 is 26.5 Å². The monoisotopic (exact) mass is 802 g/mol. The quantitative estimate of drug-likeness (QED) is 0.115. The van der Waals surface area contributed by atoms with Gasteiger partial charge in [-0.25, -0.2) is 4.99 Å². The summed E-state index contributed by atoms with van der Waals surface area (Å²) in [5, 5.41) is 25.0. The highest BCUT2D eigenvalue weighted by Gasteiger charge is 2.49. The van der Waals surface area contributed by atoms with Crippen LogP contribution in [0.3, 0.4) is 0 Å². The van der Waals surface area contributed by atoms with Gasteiger partial charge in [-0.2, -0.15) is 8.42 Å². The molecule has 0 radical (unpaired) electrons. The molecule has 2 spiro atoms. The summed E-state index contributed by atoms with van der Waals surface area (Å²) in [4.78, 5) is 20.3. The average molecular weight is 803 g/mol. The SMILES string of the molecule is C=C/C=C1/NC2(Nc3c(C4=C(O)C(=c5cccc6c5=NC5(N/C6=C/C=C/S(=O)(=O)O)c6ccccc6-c6ccccc65)C4=O)cccc31)c1ccccc1-c1ccccc12. The Bertz CT molecular complexity index is 3250. The molecule has 0 saturated carbocycles. The van der Waals surface area contributed by atoms with Crippen LogP contribution in [0.5, 0.6) is 0 Å². The van der Waals surface area contributed by atoms with E-state index in [1.165, 1.54) is 6.08 Å². The number of nitrogens with zero attached hydrogens (tertiary/aromatic N) is 1. The molecule has 0 bridgehead atoms. The van der Waals surface area contributed by atoms with E-state index in [4.69, 9.17) is 4.99 Å². The zero-order valence-corrected chi connectivity index (χ0v) is 32.6. The number of carbonyl (C=O) groups excluding carboxylic acids is 1. The number of carbonyl (C=O) groups is 1. The fraction of sp³-hybridized carbons (Fsp3) is 0.0400. The number of benzene rings is 6. The summed E-state index contributed by atoms with van der Waals surface area (Å²) in [5.41, 5.74) is 10.1. The second-order valence-electron chi connectivity index (χ2n) is 15.2. The highest BCUT2D eigenvalue weighted by Crippen LogP contribution is 2.54. The third-order valence-electron chi connectivity index (χ3n) is 12.1. The van der Waals surface area contributed by atoms with E-state index < -0.39 is 21.4 Å². The van der Waals surface area contributed by atoms with Crippen molar-refractivity contribution in [2.45, 2.75) is 11.3 Å². The number of anilines is 1. The summed E-state index contributed by atoms with van der Waals surface area (Å²) in [6.07, 6.45) is 6.46. The number of Topliss-reactive ketones (excluding diaryl/α,β-unsaturated/α-hetero) is 1. The Morgan fingerprint density at radius 2 is 1.10 bits per heavy atom. The van der Waals surface area contributed by atoms with Crippen LogP contribution in [0.2, 0.25) is 0 Å². The van der Waals surface area contributed by atoms with Gasteiger partial charge in [0.05, 0.1) is 27.6 Å². The molecule has 0 aromatic heterocycles. The van der Waals surface area contributed by atoms with E-state index in [1.54, 1.807) is 24.3 Å². The van der Waals surface area contributed by atoms with Crippen molar-refractivity contribution in [3.63, 3.8) is 0 Å². The molecule has 0 fully saturated rings. The third kappa shape index (κ3) is 4.92. The fourth-order valence-corrected chi connectivity index (χ4v) is 9.92. The van der Waals surface area contributed by atoms with Crippen molar-refractivity contribution in [3.05, 3.63) is 225 Å². The van der Waals surface area contributed by atoms with Gasteiger partial charge in [-0.15, -0.1) is 0 Å². The summed E-state index contributed by atoms with van der Waals surface area (Å²) >= 11 is 0. The summed E-state index contributed by atoms with van der Waals surface area (Å²) in [7, 11) is -4.42. The predicted octanol–water partition coefficient (Wildman–Crippen LogP) is 7.66. The molecule has 0 saturated heterocycles. The smallest absolute Gasteiger partial charge is 0.287 e. The molecular weight excluding hydrogens is 769 g/mol. The molecule has 2 heterocycles. The Kier molecular flexibility index (Phi) is 7.56. The molecule has 11 rings (SSSR count). The predicted molar refractivity (Wildman–Crippen MR) is 234 cm³/mol. The molecule has 0 atom stereocenters. The van der Waals surface area contributed by atoms with Gasteiger partial charge in [0.2, 0.25) is 5.78 Å². The maximum absolute atomic E-state index is 14.8. The molecule has 60 heavy (non-hydrogen) atoms. The second-order valence-corrected chi connectivity index (χ2v) is 16.5. The Morgan fingerprint density at radius 3 is 1.70 bits per heavy atom. The number of allylic oxidation sites excluding steroid dienone is 6. The molecule has 9 nitrogen and oxygen atoms in total. The molecule has 2 aliphatic heterocycles. The minimum Gasteiger partial charge on any atom is -0.506 e. The van der Waals surface area contributed by atoms with Gasteiger partial charge in [0.1, 0.15) is 5.76 Å². The number of aliphatic hydroxyl groups is 1. The second kappa shape index (κ2) is 12.7. The summed E-state index contributed by atoms with van der Waals surface area (Å²) in [5.74, 6) is -0.513. The lowest BCUT2D eigenvalue weighted by atomic mass is 9.79. The van der Waals surface area contributed by atoms with Gasteiger partial charge in [-0.05, 0) is 40.5 Å². The first-order valence-electron chi connectivity index (χ1n) is 19.4. The van der Waals surface area contributed by atoms with Gasteiger partial charge in [0, 0.05) is 55.6 Å². The van der Waals surface area contributed by atoms with Crippen LogP contribution in [-0.2, 0) is 26.2 Å². The molecule has 0 amide bonds. The number of nitrogens with one attached hydrogen (secondary N) is 3. The van der Waals surface area contributed by atoms with Crippen LogP contribution in [0.1, 0.15) is 38.9 Å². The van der Waals surface area contributed by atoms with E-state index in [0.717, 1.165) is 55.8 Å². The first-order valence-corrected chi connectivity index (χ1v) is 20.9. The van der Waals surface area contributed by atoms with E-state index in [-0.39, 0.29) is 22.7 Å². The van der Waals surface area contributed by atoms with Crippen LogP contribution in [-0.4, -0.2) is 23.9 Å². The highest BCUT2D eigenvalue weighted by molar-refractivity contribution is 7.88. The highest BCUT2D eigenvalue weighted by atomic mass is 32.2. The van der Waals surface area contributed by atoms with Gasteiger partial charge in [0.25, 0.3) is 10.1 Å². The molecule has 290 valence electrons. The number of hydrogen-bond donors (Lipinski definition) is 5. The van der Waals surface area contributed by atoms with Crippen molar-refractivity contribution in [2.75, 3.05) is 5.32 Å². The lowest BCUT2D eigenvalue weighted by Gasteiger charge is -2.43. The lowest BCUT2D eigenvalue weighted by Crippen LogP contribution is -2.51. The molecule has 5 N–H and O–H groups in total. The maximum atomic E-state index is 14.8. The van der Waals surface area contributed by atoms with Crippen LogP contribution >= 0.6 is 0 Å². The van der Waals surface area contributed by atoms with Crippen molar-refractivity contribution in [1.82, 2.24) is 10.6 Å². The molecule has 5 aliphatic rings. The number of rotatable bonds is 4. The van der Waals surface area contributed by atoms with Crippen molar-refractivity contribution in [2.24, 2.45) is 4.99 Å². The van der Waals surface area contributed by atoms with Gasteiger partial charge in [-0.1, -0.05) is 146 Å². The van der Waals surface area contributed by atoms with Crippen LogP contribution in [0.15, 0.2) is 181 Å². The van der Waals surface area contributed by atoms with Crippen LogP contribution in [0.25, 0.3) is 44.8 Å². The normalized spacial score (nSPS) is 19.3. The topological polar surface area (TPSA) is 140 Å². The van der Waals surface area contributed by atoms with Gasteiger partial charge in [-0.3, -0.25) is 9.35 Å². The van der Waals surface area contributed by atoms with Crippen molar-refractivity contribution in [3.8, 4) is 22.3 Å². The van der Waals surface area contributed by atoms with Gasteiger partial charge < -0.3 is 21.1 Å². The Balaban J connectivity index is 1.14.